The van der Waals surface area contributed by atoms with Gasteiger partial charge in [0.05, 0.1) is 12.4 Å². The Morgan fingerprint density at radius 1 is 0.944 bits per heavy atom. The summed E-state index contributed by atoms with van der Waals surface area (Å²) in [5, 5.41) is 25.4. The van der Waals surface area contributed by atoms with Gasteiger partial charge < -0.3 is 36.9 Å². The fourth-order valence-electron chi connectivity index (χ4n) is 3.27. The van der Waals surface area contributed by atoms with Gasteiger partial charge in [-0.1, -0.05) is 30.3 Å². The Labute approximate surface area is 206 Å². The van der Waals surface area contributed by atoms with E-state index >= 15 is 0 Å². The lowest BCUT2D eigenvalue weighted by atomic mass is 10.1. The molecule has 0 spiro atoms. The van der Waals surface area contributed by atoms with Crippen LogP contribution in [0.2, 0.25) is 0 Å². The third kappa shape index (κ3) is 9.18. The van der Waals surface area contributed by atoms with Gasteiger partial charge in [-0.05, 0) is 25.3 Å². The summed E-state index contributed by atoms with van der Waals surface area (Å²) in [5.41, 5.74) is 7.29. The Morgan fingerprint density at radius 2 is 1.61 bits per heavy atom. The number of carboxylic acids is 2. The van der Waals surface area contributed by atoms with Crippen molar-refractivity contribution in [1.82, 2.24) is 25.9 Å². The van der Waals surface area contributed by atoms with Gasteiger partial charge in [-0.15, -0.1) is 0 Å². The summed E-state index contributed by atoms with van der Waals surface area (Å²) in [6, 6.07) is 4.45. The van der Waals surface area contributed by atoms with Gasteiger partial charge in [0, 0.05) is 24.7 Å². The van der Waals surface area contributed by atoms with Crippen molar-refractivity contribution in [2.24, 2.45) is 5.73 Å². The van der Waals surface area contributed by atoms with E-state index in [1.54, 1.807) is 0 Å². The first-order valence-electron chi connectivity index (χ1n) is 11.2. The lowest BCUT2D eigenvalue weighted by molar-refractivity contribution is -0.143. The lowest BCUT2D eigenvalue weighted by Gasteiger charge is -2.23. The van der Waals surface area contributed by atoms with Gasteiger partial charge >= 0.3 is 11.9 Å². The standard InChI is InChI=1S/C23H30N6O7/c1-13(27-21(33)16(24)9-14-5-3-2-4-6-14)20(32)29-18(10-15-11-25-12-26-15)22(34)28-17(23(35)36)7-8-19(30)31/h2-6,11-13,16-18H,7-10,24H2,1H3,(H,25,26)(H,27,33)(H,28,34)(H,29,32)(H,30,31)(H,35,36). The van der Waals surface area contributed by atoms with Gasteiger partial charge in [0.15, 0.2) is 0 Å². The highest BCUT2D eigenvalue weighted by Gasteiger charge is 2.29. The number of benzene rings is 1. The molecule has 0 aliphatic carbocycles. The molecule has 3 amide bonds. The van der Waals surface area contributed by atoms with E-state index in [2.05, 4.69) is 25.9 Å². The van der Waals surface area contributed by atoms with Gasteiger partial charge in [0.25, 0.3) is 0 Å². The predicted molar refractivity (Wildman–Crippen MR) is 126 cm³/mol. The maximum atomic E-state index is 12.8. The average molecular weight is 503 g/mol. The van der Waals surface area contributed by atoms with Crippen LogP contribution in [0.25, 0.3) is 0 Å². The number of imidazole rings is 1. The number of H-pyrrole nitrogens is 1. The van der Waals surface area contributed by atoms with Crippen molar-refractivity contribution in [3.05, 3.63) is 54.1 Å². The van der Waals surface area contributed by atoms with Gasteiger partial charge in [0.1, 0.15) is 18.1 Å². The molecule has 0 bridgehead atoms. The zero-order valence-corrected chi connectivity index (χ0v) is 19.6. The van der Waals surface area contributed by atoms with E-state index in [9.17, 15) is 29.1 Å². The van der Waals surface area contributed by atoms with Crippen LogP contribution in [0.4, 0.5) is 0 Å². The molecule has 36 heavy (non-hydrogen) atoms. The van der Waals surface area contributed by atoms with Crippen LogP contribution < -0.4 is 21.7 Å². The number of carboxylic acid groups (broad SMARTS) is 2. The number of amides is 3. The zero-order valence-electron chi connectivity index (χ0n) is 19.6. The molecule has 1 heterocycles. The number of carbonyl (C=O) groups is 5. The van der Waals surface area contributed by atoms with E-state index in [1.807, 2.05) is 30.3 Å². The van der Waals surface area contributed by atoms with Crippen LogP contribution in [0.15, 0.2) is 42.9 Å². The minimum Gasteiger partial charge on any atom is -0.481 e. The van der Waals surface area contributed by atoms with Gasteiger partial charge in [0.2, 0.25) is 17.7 Å². The van der Waals surface area contributed by atoms with Crippen LogP contribution in [-0.2, 0) is 36.8 Å². The summed E-state index contributed by atoms with van der Waals surface area (Å²) < 4.78 is 0. The quantitative estimate of drug-likeness (QED) is 0.167. The fourth-order valence-corrected chi connectivity index (χ4v) is 3.27. The molecule has 13 heteroatoms. The summed E-state index contributed by atoms with van der Waals surface area (Å²) in [6.45, 7) is 1.42. The zero-order chi connectivity index (χ0) is 26.7. The second-order valence-electron chi connectivity index (χ2n) is 8.20. The lowest BCUT2D eigenvalue weighted by Crippen LogP contribution is -2.57. The number of hydrogen-bond acceptors (Lipinski definition) is 7. The van der Waals surface area contributed by atoms with E-state index in [0.717, 1.165) is 5.56 Å². The smallest absolute Gasteiger partial charge is 0.326 e. The molecule has 13 nitrogen and oxygen atoms in total. The summed E-state index contributed by atoms with van der Waals surface area (Å²) in [6.07, 6.45) is 2.19. The van der Waals surface area contributed by atoms with Crippen molar-refractivity contribution < 1.29 is 34.2 Å². The Balaban J connectivity index is 2.03. The maximum Gasteiger partial charge on any atom is 0.326 e. The maximum absolute atomic E-state index is 12.8. The van der Waals surface area contributed by atoms with Crippen molar-refractivity contribution in [2.45, 2.75) is 56.8 Å². The first-order valence-corrected chi connectivity index (χ1v) is 11.2. The average Bonchev–Trinajstić information content (AvgIpc) is 3.34. The first kappa shape index (κ1) is 28.0. The number of aromatic amines is 1. The third-order valence-corrected chi connectivity index (χ3v) is 5.26. The molecule has 194 valence electrons. The molecule has 1 aromatic heterocycles. The van der Waals surface area contributed by atoms with Crippen molar-refractivity contribution in [3.8, 4) is 0 Å². The molecule has 0 saturated heterocycles. The fraction of sp³-hybridized carbons (Fsp3) is 0.391. The summed E-state index contributed by atoms with van der Waals surface area (Å²) in [7, 11) is 0. The van der Waals surface area contributed by atoms with Crippen molar-refractivity contribution >= 4 is 29.7 Å². The Hall–Kier alpha value is -4.26. The molecule has 2 rings (SSSR count). The largest absolute Gasteiger partial charge is 0.481 e. The third-order valence-electron chi connectivity index (χ3n) is 5.26. The number of nitrogens with one attached hydrogen (secondary N) is 4. The van der Waals surface area contributed by atoms with Crippen LogP contribution in [0.1, 0.15) is 31.0 Å². The SMILES string of the molecule is CC(NC(=O)C(N)Cc1ccccc1)C(=O)NC(Cc1cnc[nH]1)C(=O)NC(CCC(=O)O)C(=O)O. The van der Waals surface area contributed by atoms with Gasteiger partial charge in [-0.2, -0.15) is 0 Å². The molecule has 0 radical (unpaired) electrons. The number of aliphatic carboxylic acids is 2. The molecule has 2 aromatic rings. The summed E-state index contributed by atoms with van der Waals surface area (Å²) >= 11 is 0. The number of aromatic nitrogens is 2. The van der Waals surface area contributed by atoms with E-state index in [-0.39, 0.29) is 19.3 Å². The van der Waals surface area contributed by atoms with Crippen molar-refractivity contribution in [2.75, 3.05) is 0 Å². The Morgan fingerprint density at radius 3 is 2.19 bits per heavy atom. The minimum absolute atomic E-state index is 0.0585. The van der Waals surface area contributed by atoms with Crippen LogP contribution in [-0.4, -0.2) is 74.0 Å². The minimum atomic E-state index is -1.47. The molecule has 0 saturated carbocycles. The predicted octanol–water partition coefficient (Wildman–Crippen LogP) is -1.05. The highest BCUT2D eigenvalue weighted by atomic mass is 16.4. The Bertz CT molecular complexity index is 1040. The van der Waals surface area contributed by atoms with Crippen LogP contribution in [0, 0.1) is 0 Å². The molecular weight excluding hydrogens is 472 g/mol. The molecule has 0 aliphatic rings. The molecule has 8 N–H and O–H groups in total. The number of nitrogens with two attached hydrogens (primary N) is 1. The molecule has 0 aliphatic heterocycles. The highest BCUT2D eigenvalue weighted by Crippen LogP contribution is 2.05. The normalized spacial score (nSPS) is 14.1. The van der Waals surface area contributed by atoms with E-state index < -0.39 is 60.2 Å². The monoisotopic (exact) mass is 502 g/mol. The van der Waals surface area contributed by atoms with Crippen LogP contribution in [0.3, 0.4) is 0 Å². The van der Waals surface area contributed by atoms with E-state index in [1.165, 1.54) is 19.4 Å². The topological polar surface area (TPSA) is 217 Å². The molecule has 4 unspecified atom stereocenters. The van der Waals surface area contributed by atoms with Crippen molar-refractivity contribution in [3.63, 3.8) is 0 Å². The first-order chi connectivity index (χ1) is 17.1. The van der Waals surface area contributed by atoms with E-state index in [0.29, 0.717) is 5.69 Å². The van der Waals surface area contributed by atoms with Gasteiger partial charge in [-0.3, -0.25) is 19.2 Å². The number of nitrogens with zero attached hydrogens (tertiary/aromatic N) is 1. The second kappa shape index (κ2) is 13.6. The van der Waals surface area contributed by atoms with Crippen LogP contribution in [0.5, 0.6) is 0 Å². The Kier molecular flexibility index (Phi) is 10.6. The molecule has 0 fully saturated rings. The number of carbonyl (C=O) groups excluding carboxylic acids is 3. The molecule has 4 atom stereocenters. The van der Waals surface area contributed by atoms with Crippen LogP contribution >= 0.6 is 0 Å². The van der Waals surface area contributed by atoms with E-state index in [4.69, 9.17) is 10.8 Å². The second-order valence-corrected chi connectivity index (χ2v) is 8.20. The van der Waals surface area contributed by atoms with Crippen molar-refractivity contribution in [1.29, 1.82) is 0 Å². The summed E-state index contributed by atoms with van der Waals surface area (Å²) in [5.74, 6) is -4.73. The molecule has 1 aromatic carbocycles. The number of hydrogen-bond donors (Lipinski definition) is 7. The highest BCUT2D eigenvalue weighted by molar-refractivity contribution is 5.94. The summed E-state index contributed by atoms with van der Waals surface area (Å²) in [4.78, 5) is 67.0. The number of rotatable bonds is 14. The van der Waals surface area contributed by atoms with Gasteiger partial charge in [-0.25, -0.2) is 9.78 Å². The molecular formula is C23H30N6O7.